The van der Waals surface area contributed by atoms with Crippen molar-refractivity contribution in [3.05, 3.63) is 91.0 Å². The third-order valence-electron chi connectivity index (χ3n) is 9.79. The van der Waals surface area contributed by atoms with Crippen LogP contribution in [0.15, 0.2) is 69.3 Å². The van der Waals surface area contributed by atoms with Gasteiger partial charge >= 0.3 is 0 Å². The second kappa shape index (κ2) is 19.3. The van der Waals surface area contributed by atoms with E-state index in [2.05, 4.69) is 83.7 Å². The summed E-state index contributed by atoms with van der Waals surface area (Å²) in [5.41, 5.74) is 5.52. The molecule has 6 nitrogen and oxygen atoms in total. The molecule has 2 saturated heterocycles. The number of nitrogens with one attached hydrogen (secondary N) is 2. The molecule has 2 aromatic rings. The Kier molecular flexibility index (Phi) is 15.5. The van der Waals surface area contributed by atoms with Crippen LogP contribution in [-0.2, 0) is 22.6 Å². The van der Waals surface area contributed by atoms with Crippen molar-refractivity contribution in [3.8, 4) is 0 Å². The number of halogens is 3. The number of carbonyl (C=O) groups excluding carboxylic acids is 2. The number of benzene rings is 2. The molecule has 256 valence electrons. The Morgan fingerprint density at radius 2 is 1.72 bits per heavy atom. The Morgan fingerprint density at radius 1 is 1.02 bits per heavy atom. The van der Waals surface area contributed by atoms with E-state index in [0.717, 1.165) is 60.1 Å². The number of aldehydes is 1. The lowest BCUT2D eigenvalue weighted by Crippen LogP contribution is -2.42. The second-order valence-corrected chi connectivity index (χ2v) is 15.1. The van der Waals surface area contributed by atoms with E-state index in [4.69, 9.17) is 11.6 Å². The number of rotatable bonds is 7. The molecule has 3 heterocycles. The molecule has 2 fully saturated rings. The van der Waals surface area contributed by atoms with Crippen LogP contribution in [0.4, 0.5) is 0 Å². The molecule has 1 aliphatic carbocycles. The topological polar surface area (TPSA) is 64.7 Å². The van der Waals surface area contributed by atoms with E-state index < -0.39 is 0 Å². The van der Waals surface area contributed by atoms with Crippen LogP contribution in [0.25, 0.3) is 0 Å². The minimum Gasteiger partial charge on any atom is -0.383 e. The molecule has 2 N–H and O–H groups in total. The maximum Gasteiger partial charge on any atom is 0.234 e. The quantitative estimate of drug-likeness (QED) is 0.277. The summed E-state index contributed by atoms with van der Waals surface area (Å²) in [7, 11) is 2.23. The van der Waals surface area contributed by atoms with Gasteiger partial charge in [0.25, 0.3) is 0 Å². The zero-order valence-corrected chi connectivity index (χ0v) is 32.0. The van der Waals surface area contributed by atoms with E-state index in [9.17, 15) is 9.59 Å². The number of hydrogen-bond donors (Lipinski definition) is 2. The van der Waals surface area contributed by atoms with Gasteiger partial charge in [0, 0.05) is 39.1 Å². The van der Waals surface area contributed by atoms with E-state index in [1.807, 2.05) is 44.2 Å². The van der Waals surface area contributed by atoms with Crippen LogP contribution in [-0.4, -0.2) is 67.8 Å². The molecule has 0 spiro atoms. The lowest BCUT2D eigenvalue weighted by atomic mass is 9.73. The molecule has 0 radical (unpaired) electrons. The number of carbonyl (C=O) groups is 2. The molecular formula is C38H51Br2ClN4O2. The summed E-state index contributed by atoms with van der Waals surface area (Å²) in [6.45, 7) is 9.25. The van der Waals surface area contributed by atoms with E-state index in [1.54, 1.807) is 0 Å². The number of allylic oxidation sites excluding steroid dienone is 2. The molecule has 2 aromatic carbocycles. The highest BCUT2D eigenvalue weighted by molar-refractivity contribution is 9.12. The molecule has 9 heteroatoms. The maximum atomic E-state index is 11.9. The summed E-state index contributed by atoms with van der Waals surface area (Å²) < 4.78 is 2.32. The van der Waals surface area contributed by atoms with Crippen LogP contribution in [0.2, 0.25) is 5.02 Å². The molecule has 1 amide bonds. The number of aryl methyl sites for hydroxylation is 1. The van der Waals surface area contributed by atoms with Gasteiger partial charge < -0.3 is 20.3 Å². The third kappa shape index (κ3) is 11.0. The van der Waals surface area contributed by atoms with E-state index in [-0.39, 0.29) is 5.91 Å². The Bertz CT molecular complexity index is 1370. The Hall–Kier alpha value is -1.97. The average molecular weight is 791 g/mol. The van der Waals surface area contributed by atoms with Crippen molar-refractivity contribution in [2.45, 2.75) is 77.3 Å². The monoisotopic (exact) mass is 788 g/mol. The second-order valence-electron chi connectivity index (χ2n) is 12.9. The number of nitrogens with zero attached hydrogens (tertiary/aromatic N) is 2. The molecule has 47 heavy (non-hydrogen) atoms. The SMILES string of the molecule is CC.CN1CCC(C2c3c(Br)cc(Cl)cc3CCC3=CC(Br)=CNC32)CC1.O=CCC1CCN(CC(=O)NCc2ccccc2)CC1. The van der Waals surface area contributed by atoms with Crippen molar-refractivity contribution in [2.75, 3.05) is 39.8 Å². The van der Waals surface area contributed by atoms with Gasteiger partial charge in [0.2, 0.25) is 5.91 Å². The van der Waals surface area contributed by atoms with Gasteiger partial charge in [-0.3, -0.25) is 9.69 Å². The zero-order valence-electron chi connectivity index (χ0n) is 28.1. The molecule has 2 atom stereocenters. The van der Waals surface area contributed by atoms with Crippen molar-refractivity contribution in [1.82, 2.24) is 20.4 Å². The van der Waals surface area contributed by atoms with Gasteiger partial charge in [-0.15, -0.1) is 0 Å². The van der Waals surface area contributed by atoms with Gasteiger partial charge in [-0.2, -0.15) is 0 Å². The minimum absolute atomic E-state index is 0.0719. The number of hydrogen-bond acceptors (Lipinski definition) is 5. The zero-order chi connectivity index (χ0) is 33.8. The molecular weight excluding hydrogens is 740 g/mol. The summed E-state index contributed by atoms with van der Waals surface area (Å²) >= 11 is 13.9. The Balaban J connectivity index is 0.000000207. The first-order valence-corrected chi connectivity index (χ1v) is 19.2. The van der Waals surface area contributed by atoms with Crippen LogP contribution in [0, 0.1) is 11.8 Å². The van der Waals surface area contributed by atoms with Crippen LogP contribution in [0.1, 0.15) is 75.0 Å². The van der Waals surface area contributed by atoms with E-state index in [0.29, 0.717) is 43.3 Å². The fourth-order valence-corrected chi connectivity index (χ4v) is 8.84. The number of piperidine rings is 2. The van der Waals surface area contributed by atoms with E-state index in [1.165, 1.54) is 47.1 Å². The van der Waals surface area contributed by atoms with Gasteiger partial charge in [0.05, 0.1) is 12.6 Å². The maximum absolute atomic E-state index is 11.9. The third-order valence-corrected chi connectivity index (χ3v) is 11.1. The molecule has 4 aliphatic rings. The normalized spacial score (nSPS) is 21.9. The molecule has 0 aromatic heterocycles. The molecule has 0 saturated carbocycles. The summed E-state index contributed by atoms with van der Waals surface area (Å²) in [4.78, 5) is 27.0. The summed E-state index contributed by atoms with van der Waals surface area (Å²) in [6, 6.07) is 14.6. The van der Waals surface area contributed by atoms with Crippen LogP contribution in [0.5, 0.6) is 0 Å². The smallest absolute Gasteiger partial charge is 0.234 e. The first-order valence-electron chi connectivity index (χ1n) is 17.3. The highest BCUT2D eigenvalue weighted by Gasteiger charge is 2.39. The highest BCUT2D eigenvalue weighted by Crippen LogP contribution is 2.46. The van der Waals surface area contributed by atoms with Gasteiger partial charge in [0.1, 0.15) is 6.29 Å². The van der Waals surface area contributed by atoms with Crippen LogP contribution in [0.3, 0.4) is 0 Å². The molecule has 6 rings (SSSR count). The standard InChI is InChI=1S/C20H23Br2ClN2.C16H22N2O2.C2H6/c1-25-6-4-12(5-7-25)19-18-13(9-16(23)10-17(18)22)2-3-14-8-15(21)11-24-20(14)19;19-11-8-14-6-9-18(10-7-14)13-16(20)17-12-15-4-2-1-3-5-15;1-2/h8-12,19-20,24H,2-7H2,1H3;1-5,11,14H,6-10,12-13H2,(H,17,20);1-2H3. The predicted molar refractivity (Wildman–Crippen MR) is 202 cm³/mol. The fraction of sp³-hybridized carbons (Fsp3) is 0.526. The number of amides is 1. The summed E-state index contributed by atoms with van der Waals surface area (Å²) in [6.07, 6.45) is 12.8. The Morgan fingerprint density at radius 3 is 2.40 bits per heavy atom. The lowest BCUT2D eigenvalue weighted by molar-refractivity contribution is -0.123. The Labute approximate surface area is 304 Å². The highest BCUT2D eigenvalue weighted by atomic mass is 79.9. The fourth-order valence-electron chi connectivity index (χ4n) is 7.28. The molecule has 3 aliphatic heterocycles. The number of dihydropyridines is 1. The van der Waals surface area contributed by atoms with Gasteiger partial charge in [0.15, 0.2) is 0 Å². The summed E-state index contributed by atoms with van der Waals surface area (Å²) in [5.74, 6) is 1.76. The minimum atomic E-state index is 0.0719. The van der Waals surface area contributed by atoms with Crippen LogP contribution < -0.4 is 10.6 Å². The molecule has 0 bridgehead atoms. The van der Waals surface area contributed by atoms with Gasteiger partial charge in [-0.1, -0.05) is 71.7 Å². The number of likely N-dealkylation sites (tertiary alicyclic amines) is 2. The van der Waals surface area contributed by atoms with Gasteiger partial charge in [-0.25, -0.2) is 0 Å². The predicted octanol–water partition coefficient (Wildman–Crippen LogP) is 8.24. The first kappa shape index (κ1) is 37.8. The summed E-state index contributed by atoms with van der Waals surface area (Å²) in [5, 5.41) is 7.49. The van der Waals surface area contributed by atoms with Crippen molar-refractivity contribution in [3.63, 3.8) is 0 Å². The number of fused-ring (bicyclic) bond motifs is 2. The first-order chi connectivity index (χ1) is 22.8. The lowest BCUT2D eigenvalue weighted by Gasteiger charge is -2.40. The van der Waals surface area contributed by atoms with Crippen molar-refractivity contribution >= 4 is 55.7 Å². The van der Waals surface area contributed by atoms with E-state index >= 15 is 0 Å². The van der Waals surface area contributed by atoms with Crippen molar-refractivity contribution in [2.24, 2.45) is 11.8 Å². The van der Waals surface area contributed by atoms with Crippen molar-refractivity contribution < 1.29 is 9.59 Å². The van der Waals surface area contributed by atoms with Gasteiger partial charge in [-0.05, 0) is 140 Å². The van der Waals surface area contributed by atoms with Crippen LogP contribution >= 0.6 is 43.5 Å². The largest absolute Gasteiger partial charge is 0.383 e. The van der Waals surface area contributed by atoms with Crippen molar-refractivity contribution in [1.29, 1.82) is 0 Å². The molecule has 2 unspecified atom stereocenters. The average Bonchev–Trinajstić information content (AvgIpc) is 3.24.